The number of aryl methyl sites for hydroxylation is 1. The van der Waals surface area contributed by atoms with Gasteiger partial charge in [0.1, 0.15) is 0 Å². The lowest BCUT2D eigenvalue weighted by atomic mass is 9.62. The summed E-state index contributed by atoms with van der Waals surface area (Å²) in [5.41, 5.74) is 6.65. The van der Waals surface area contributed by atoms with E-state index >= 15 is 0 Å². The molecule has 0 radical (unpaired) electrons. The van der Waals surface area contributed by atoms with Crippen molar-refractivity contribution in [2.45, 2.75) is 63.6 Å². The van der Waals surface area contributed by atoms with E-state index in [2.05, 4.69) is 62.7 Å². The van der Waals surface area contributed by atoms with E-state index in [0.29, 0.717) is 10.8 Å². The molecule has 0 atom stereocenters. The molecule has 1 aliphatic rings. The molecular formula is C16H23Br. The summed E-state index contributed by atoms with van der Waals surface area (Å²) in [7, 11) is 0. The smallest absolute Gasteiger partial charge is 0.0285 e. The van der Waals surface area contributed by atoms with Crippen molar-refractivity contribution in [2.75, 3.05) is 0 Å². The van der Waals surface area contributed by atoms with Gasteiger partial charge < -0.3 is 0 Å². The summed E-state index contributed by atoms with van der Waals surface area (Å²) in [4.78, 5) is 0. The van der Waals surface area contributed by atoms with Crippen LogP contribution in [-0.4, -0.2) is 0 Å². The van der Waals surface area contributed by atoms with Crippen LogP contribution in [0.4, 0.5) is 0 Å². The summed E-state index contributed by atoms with van der Waals surface area (Å²) in [6, 6.07) is 4.85. The van der Waals surface area contributed by atoms with E-state index in [0.717, 1.165) is 5.33 Å². The lowest BCUT2D eigenvalue weighted by Crippen LogP contribution is -2.34. The molecule has 1 aromatic carbocycles. The van der Waals surface area contributed by atoms with E-state index in [1.54, 1.807) is 11.1 Å². The molecule has 1 aliphatic carbocycles. The molecule has 1 aromatic rings. The largest absolute Gasteiger partial charge is 0.0876 e. The number of rotatable bonds is 1. The van der Waals surface area contributed by atoms with Gasteiger partial charge in [-0.25, -0.2) is 0 Å². The Labute approximate surface area is 114 Å². The van der Waals surface area contributed by atoms with Gasteiger partial charge in [-0.2, -0.15) is 0 Å². The van der Waals surface area contributed by atoms with Crippen molar-refractivity contribution < 1.29 is 0 Å². The van der Waals surface area contributed by atoms with Crippen molar-refractivity contribution in [3.63, 3.8) is 0 Å². The first-order chi connectivity index (χ1) is 7.78. The molecule has 0 saturated heterocycles. The first kappa shape index (κ1) is 13.1. The second kappa shape index (κ2) is 4.12. The SMILES string of the molecule is Cc1cc2c(cc1CBr)C(C)(C)CCC2(C)C. The Bertz CT molecular complexity index is 441. The highest BCUT2D eigenvalue weighted by atomic mass is 79.9. The molecule has 0 amide bonds. The Kier molecular flexibility index (Phi) is 3.18. The van der Waals surface area contributed by atoms with Crippen LogP contribution in [0, 0.1) is 6.92 Å². The van der Waals surface area contributed by atoms with E-state index in [4.69, 9.17) is 0 Å². The number of halogens is 1. The van der Waals surface area contributed by atoms with Crippen LogP contribution < -0.4 is 0 Å². The summed E-state index contributed by atoms with van der Waals surface area (Å²) in [5.74, 6) is 0. The summed E-state index contributed by atoms with van der Waals surface area (Å²) < 4.78 is 0. The fraction of sp³-hybridized carbons (Fsp3) is 0.625. The van der Waals surface area contributed by atoms with Gasteiger partial charge in [-0.15, -0.1) is 0 Å². The van der Waals surface area contributed by atoms with E-state index in [-0.39, 0.29) is 0 Å². The van der Waals surface area contributed by atoms with E-state index in [9.17, 15) is 0 Å². The van der Waals surface area contributed by atoms with Gasteiger partial charge in [0.15, 0.2) is 0 Å². The van der Waals surface area contributed by atoms with Gasteiger partial charge in [-0.3, -0.25) is 0 Å². The van der Waals surface area contributed by atoms with Gasteiger partial charge in [0.2, 0.25) is 0 Å². The number of hydrogen-bond donors (Lipinski definition) is 0. The Balaban J connectivity index is 2.68. The maximum absolute atomic E-state index is 3.60. The number of fused-ring (bicyclic) bond motifs is 1. The number of alkyl halides is 1. The standard InChI is InChI=1S/C16H23Br/c1-11-8-13-14(9-12(11)10-17)16(4,5)7-6-15(13,2)3/h8-9H,6-7,10H2,1-5H3. The Morgan fingerprint density at radius 2 is 1.47 bits per heavy atom. The highest BCUT2D eigenvalue weighted by Gasteiger charge is 2.37. The van der Waals surface area contributed by atoms with Gasteiger partial charge in [-0.05, 0) is 52.8 Å². The van der Waals surface area contributed by atoms with Crippen molar-refractivity contribution in [3.05, 3.63) is 34.4 Å². The average molecular weight is 295 g/mol. The third kappa shape index (κ3) is 2.19. The highest BCUT2D eigenvalue weighted by Crippen LogP contribution is 2.46. The van der Waals surface area contributed by atoms with E-state index < -0.39 is 0 Å². The second-order valence-corrected chi connectivity index (χ2v) is 7.29. The van der Waals surface area contributed by atoms with Crippen molar-refractivity contribution >= 4 is 15.9 Å². The molecule has 17 heavy (non-hydrogen) atoms. The normalized spacial score (nSPS) is 21.1. The minimum Gasteiger partial charge on any atom is -0.0876 e. The minimum absolute atomic E-state index is 0.329. The van der Waals surface area contributed by atoms with Crippen molar-refractivity contribution in [2.24, 2.45) is 0 Å². The molecule has 0 nitrogen and oxygen atoms in total. The quantitative estimate of drug-likeness (QED) is 0.622. The number of hydrogen-bond acceptors (Lipinski definition) is 0. The summed E-state index contributed by atoms with van der Waals surface area (Å²) in [6.07, 6.45) is 2.58. The third-order valence-electron chi connectivity index (χ3n) is 4.45. The van der Waals surface area contributed by atoms with E-state index in [1.807, 2.05) is 0 Å². The van der Waals surface area contributed by atoms with Crippen LogP contribution in [0.1, 0.15) is 62.8 Å². The van der Waals surface area contributed by atoms with Crippen LogP contribution in [-0.2, 0) is 16.2 Å². The van der Waals surface area contributed by atoms with Crippen LogP contribution in [0.15, 0.2) is 12.1 Å². The maximum Gasteiger partial charge on any atom is 0.0285 e. The molecule has 0 N–H and O–H groups in total. The summed E-state index contributed by atoms with van der Waals surface area (Å²) in [5, 5.41) is 0.961. The van der Waals surface area contributed by atoms with Crippen molar-refractivity contribution in [3.8, 4) is 0 Å². The molecule has 0 bridgehead atoms. The van der Waals surface area contributed by atoms with Crippen LogP contribution in [0.5, 0.6) is 0 Å². The molecule has 0 heterocycles. The van der Waals surface area contributed by atoms with E-state index in [1.165, 1.54) is 24.0 Å². The zero-order valence-corrected chi connectivity index (χ0v) is 13.2. The summed E-state index contributed by atoms with van der Waals surface area (Å²) >= 11 is 3.60. The van der Waals surface area contributed by atoms with Gasteiger partial charge in [0, 0.05) is 5.33 Å². The van der Waals surface area contributed by atoms with Crippen molar-refractivity contribution in [1.82, 2.24) is 0 Å². The molecule has 2 rings (SSSR count). The van der Waals surface area contributed by atoms with Crippen molar-refractivity contribution in [1.29, 1.82) is 0 Å². The maximum atomic E-state index is 3.60. The second-order valence-electron chi connectivity index (χ2n) is 6.73. The zero-order chi connectivity index (χ0) is 12.8. The average Bonchev–Trinajstić information content (AvgIpc) is 2.24. The molecule has 94 valence electrons. The van der Waals surface area contributed by atoms with Gasteiger partial charge in [0.05, 0.1) is 0 Å². The van der Waals surface area contributed by atoms with Gasteiger partial charge in [-0.1, -0.05) is 55.8 Å². The lowest BCUT2D eigenvalue weighted by Gasteiger charge is -2.42. The topological polar surface area (TPSA) is 0 Å². The van der Waals surface area contributed by atoms with Crippen LogP contribution in [0.3, 0.4) is 0 Å². The van der Waals surface area contributed by atoms with Crippen LogP contribution in [0.2, 0.25) is 0 Å². The Morgan fingerprint density at radius 1 is 1.00 bits per heavy atom. The molecule has 0 aromatic heterocycles. The third-order valence-corrected chi connectivity index (χ3v) is 5.06. The lowest BCUT2D eigenvalue weighted by molar-refractivity contribution is 0.331. The van der Waals surface area contributed by atoms with Gasteiger partial charge >= 0.3 is 0 Å². The first-order valence-electron chi connectivity index (χ1n) is 6.48. The predicted octanol–water partition coefficient (Wildman–Crippen LogP) is 5.24. The minimum atomic E-state index is 0.329. The first-order valence-corrected chi connectivity index (χ1v) is 7.60. The Hall–Kier alpha value is -0.300. The molecule has 0 aliphatic heterocycles. The Morgan fingerprint density at radius 3 is 1.94 bits per heavy atom. The fourth-order valence-corrected chi connectivity index (χ4v) is 3.52. The predicted molar refractivity (Wildman–Crippen MR) is 79.1 cm³/mol. The molecule has 0 spiro atoms. The molecular weight excluding hydrogens is 272 g/mol. The monoisotopic (exact) mass is 294 g/mol. The van der Waals surface area contributed by atoms with Crippen LogP contribution in [0.25, 0.3) is 0 Å². The molecule has 1 heteroatoms. The highest BCUT2D eigenvalue weighted by molar-refractivity contribution is 9.08. The fourth-order valence-electron chi connectivity index (χ4n) is 2.91. The van der Waals surface area contributed by atoms with Gasteiger partial charge in [0.25, 0.3) is 0 Å². The molecule has 0 saturated carbocycles. The zero-order valence-electron chi connectivity index (χ0n) is 11.7. The summed E-state index contributed by atoms with van der Waals surface area (Å²) in [6.45, 7) is 11.8. The van der Waals surface area contributed by atoms with Crippen LogP contribution >= 0.6 is 15.9 Å². The molecule has 0 fully saturated rings. The molecule has 0 unspecified atom stereocenters. The number of benzene rings is 1.